The number of aromatic amines is 1. The molecule has 2 atom stereocenters. The van der Waals surface area contributed by atoms with Crippen LogP contribution in [0, 0.1) is 0 Å². The zero-order valence-corrected chi connectivity index (χ0v) is 23.0. The van der Waals surface area contributed by atoms with Gasteiger partial charge < -0.3 is 23.9 Å². The lowest BCUT2D eigenvalue weighted by atomic mass is 10.0. The number of tetrazole rings is 1. The van der Waals surface area contributed by atoms with E-state index in [1.165, 1.54) is 5.56 Å². The van der Waals surface area contributed by atoms with Crippen molar-refractivity contribution in [3.8, 4) is 17.2 Å². The van der Waals surface area contributed by atoms with Gasteiger partial charge >= 0.3 is 0 Å². The summed E-state index contributed by atoms with van der Waals surface area (Å²) in [5.41, 5.74) is 2.37. The molecule has 2 saturated heterocycles. The first-order valence-corrected chi connectivity index (χ1v) is 14.1. The number of benzene rings is 2. The summed E-state index contributed by atoms with van der Waals surface area (Å²) < 4.78 is 24.1. The second kappa shape index (κ2) is 11.1. The molecular formula is C29H33N7O5. The molecule has 214 valence electrons. The molecule has 3 aliphatic rings. The van der Waals surface area contributed by atoms with Crippen LogP contribution in [0.5, 0.6) is 17.2 Å². The first kappa shape index (κ1) is 25.9. The zero-order chi connectivity index (χ0) is 27.8. The second-order valence-electron chi connectivity index (χ2n) is 10.8. The van der Waals surface area contributed by atoms with E-state index in [1.807, 2.05) is 35.0 Å². The van der Waals surface area contributed by atoms with Gasteiger partial charge in [0.05, 0.1) is 25.3 Å². The Morgan fingerprint density at radius 3 is 2.78 bits per heavy atom. The highest BCUT2D eigenvalue weighted by molar-refractivity contribution is 5.80. The summed E-state index contributed by atoms with van der Waals surface area (Å²) in [5, 5.41) is 13.8. The molecule has 7 rings (SSSR count). The molecule has 2 fully saturated rings. The molecule has 0 radical (unpaired) electrons. The summed E-state index contributed by atoms with van der Waals surface area (Å²) in [7, 11) is 1.61. The average Bonchev–Trinajstić information content (AvgIpc) is 3.77. The van der Waals surface area contributed by atoms with Crippen LogP contribution in [0.3, 0.4) is 0 Å². The van der Waals surface area contributed by atoms with Crippen LogP contribution in [0.4, 0.5) is 0 Å². The Bertz CT molecular complexity index is 1590. The van der Waals surface area contributed by atoms with Gasteiger partial charge in [-0.2, -0.15) is 0 Å². The highest BCUT2D eigenvalue weighted by atomic mass is 16.7. The third kappa shape index (κ3) is 5.25. The number of aromatic nitrogens is 5. The standard InChI is InChI=1S/C29H33N7O5/c1-38-21-6-5-20-14-23(29(37)30-24(20)15-21)27(28-31-32-33-36(28)17-22-3-2-12-39-22)35-10-8-34(9-11-35)16-19-4-7-25-26(13-19)41-18-40-25/h4-7,13-15,22,27H,2-3,8-12,16-18H2,1H3,(H,30,37)/t22-,27+/m0/s1. The summed E-state index contributed by atoms with van der Waals surface area (Å²) in [4.78, 5) is 21.4. The Hall–Kier alpha value is -4.00. The van der Waals surface area contributed by atoms with Gasteiger partial charge in [0, 0.05) is 51.0 Å². The summed E-state index contributed by atoms with van der Waals surface area (Å²) >= 11 is 0. The fourth-order valence-corrected chi connectivity index (χ4v) is 6.02. The maximum Gasteiger partial charge on any atom is 0.253 e. The molecule has 41 heavy (non-hydrogen) atoms. The number of rotatable bonds is 8. The Labute approximate surface area is 236 Å². The van der Waals surface area contributed by atoms with Gasteiger partial charge in [0.15, 0.2) is 17.3 Å². The van der Waals surface area contributed by atoms with Gasteiger partial charge in [0.1, 0.15) is 11.8 Å². The van der Waals surface area contributed by atoms with E-state index in [1.54, 1.807) is 7.11 Å². The lowest BCUT2D eigenvalue weighted by Gasteiger charge is -2.38. The summed E-state index contributed by atoms with van der Waals surface area (Å²) in [5.74, 6) is 2.94. The molecule has 0 spiro atoms. The van der Waals surface area contributed by atoms with E-state index < -0.39 is 6.04 Å². The summed E-state index contributed by atoms with van der Waals surface area (Å²) in [6, 6.07) is 13.4. The minimum atomic E-state index is -0.408. The molecule has 0 aliphatic carbocycles. The molecule has 0 bridgehead atoms. The number of methoxy groups -OCH3 is 1. The van der Waals surface area contributed by atoms with E-state index >= 15 is 0 Å². The van der Waals surface area contributed by atoms with Crippen molar-refractivity contribution >= 4 is 10.9 Å². The monoisotopic (exact) mass is 559 g/mol. The Kier molecular flexibility index (Phi) is 7.03. The van der Waals surface area contributed by atoms with Crippen LogP contribution < -0.4 is 19.8 Å². The molecule has 0 amide bonds. The quantitative estimate of drug-likeness (QED) is 0.344. The van der Waals surface area contributed by atoms with Crippen molar-refractivity contribution < 1.29 is 18.9 Å². The molecule has 2 aromatic carbocycles. The van der Waals surface area contributed by atoms with Gasteiger partial charge in [-0.05, 0) is 64.5 Å². The Morgan fingerprint density at radius 2 is 1.95 bits per heavy atom. The predicted octanol–water partition coefficient (Wildman–Crippen LogP) is 2.34. The van der Waals surface area contributed by atoms with Crippen molar-refractivity contribution in [3.63, 3.8) is 0 Å². The highest BCUT2D eigenvalue weighted by Crippen LogP contribution is 2.33. The molecule has 4 aromatic rings. The first-order chi connectivity index (χ1) is 20.1. The van der Waals surface area contributed by atoms with Crippen LogP contribution in [0.2, 0.25) is 0 Å². The lowest BCUT2D eigenvalue weighted by molar-refractivity contribution is 0.0840. The summed E-state index contributed by atoms with van der Waals surface area (Å²) in [6.07, 6.45) is 2.07. The number of piperazine rings is 1. The molecule has 3 aliphatic heterocycles. The van der Waals surface area contributed by atoms with E-state index in [-0.39, 0.29) is 18.5 Å². The number of H-pyrrole nitrogens is 1. The molecule has 12 nitrogen and oxygen atoms in total. The topological polar surface area (TPSA) is 120 Å². The number of ether oxygens (including phenoxy) is 4. The largest absolute Gasteiger partial charge is 0.497 e. The summed E-state index contributed by atoms with van der Waals surface area (Å²) in [6.45, 7) is 5.57. The second-order valence-corrected chi connectivity index (χ2v) is 10.8. The van der Waals surface area contributed by atoms with Crippen LogP contribution in [0.25, 0.3) is 10.9 Å². The molecular weight excluding hydrogens is 526 g/mol. The number of nitrogens with zero attached hydrogens (tertiary/aromatic N) is 6. The number of pyridine rings is 1. The molecule has 2 aromatic heterocycles. The van der Waals surface area contributed by atoms with Gasteiger partial charge in [-0.15, -0.1) is 5.10 Å². The van der Waals surface area contributed by atoms with Gasteiger partial charge in [-0.1, -0.05) is 6.07 Å². The smallest absolute Gasteiger partial charge is 0.253 e. The van der Waals surface area contributed by atoms with E-state index in [0.29, 0.717) is 23.7 Å². The van der Waals surface area contributed by atoms with Gasteiger partial charge in [-0.3, -0.25) is 14.6 Å². The van der Waals surface area contributed by atoms with Crippen LogP contribution >= 0.6 is 0 Å². The van der Waals surface area contributed by atoms with Crippen molar-refractivity contribution in [2.75, 3.05) is 46.7 Å². The van der Waals surface area contributed by atoms with E-state index in [0.717, 1.165) is 74.6 Å². The van der Waals surface area contributed by atoms with Crippen LogP contribution in [-0.4, -0.2) is 87.8 Å². The molecule has 5 heterocycles. The maximum atomic E-state index is 13.6. The van der Waals surface area contributed by atoms with E-state index in [9.17, 15) is 4.79 Å². The third-order valence-corrected chi connectivity index (χ3v) is 8.20. The van der Waals surface area contributed by atoms with E-state index in [2.05, 4.69) is 42.4 Å². The number of nitrogens with one attached hydrogen (secondary N) is 1. The van der Waals surface area contributed by atoms with Crippen LogP contribution in [-0.2, 0) is 17.8 Å². The van der Waals surface area contributed by atoms with Crippen LogP contribution in [0.1, 0.15) is 35.8 Å². The molecule has 0 unspecified atom stereocenters. The SMILES string of the molecule is COc1ccc2cc([C@H](c3nnnn3C[C@@H]3CCCO3)N3CCN(Cc4ccc5c(c4)OCO5)CC3)c(=O)[nH]c2c1. The number of hydrogen-bond donors (Lipinski definition) is 1. The number of hydrogen-bond acceptors (Lipinski definition) is 10. The highest BCUT2D eigenvalue weighted by Gasteiger charge is 2.33. The van der Waals surface area contributed by atoms with Gasteiger partial charge in [0.2, 0.25) is 6.79 Å². The first-order valence-electron chi connectivity index (χ1n) is 14.1. The maximum absolute atomic E-state index is 13.6. The molecule has 12 heteroatoms. The Balaban J connectivity index is 1.17. The lowest BCUT2D eigenvalue weighted by Crippen LogP contribution is -2.48. The van der Waals surface area contributed by atoms with Gasteiger partial charge in [-0.25, -0.2) is 4.68 Å². The van der Waals surface area contributed by atoms with Crippen molar-refractivity contribution in [2.45, 2.75) is 38.1 Å². The number of fused-ring (bicyclic) bond motifs is 2. The van der Waals surface area contributed by atoms with Crippen LogP contribution in [0.15, 0.2) is 47.3 Å². The normalized spacial score (nSPS) is 20.1. The average molecular weight is 560 g/mol. The minimum Gasteiger partial charge on any atom is -0.497 e. The zero-order valence-electron chi connectivity index (χ0n) is 23.0. The third-order valence-electron chi connectivity index (χ3n) is 8.20. The van der Waals surface area contributed by atoms with Gasteiger partial charge in [0.25, 0.3) is 5.56 Å². The van der Waals surface area contributed by atoms with Crippen molar-refractivity contribution in [1.82, 2.24) is 35.0 Å². The van der Waals surface area contributed by atoms with Crippen molar-refractivity contribution in [1.29, 1.82) is 0 Å². The fourth-order valence-electron chi connectivity index (χ4n) is 6.02. The predicted molar refractivity (Wildman–Crippen MR) is 149 cm³/mol. The fraction of sp³-hybridized carbons (Fsp3) is 0.448. The molecule has 1 N–H and O–H groups in total. The van der Waals surface area contributed by atoms with Crippen molar-refractivity contribution in [2.24, 2.45) is 0 Å². The minimum absolute atomic E-state index is 0.0683. The van der Waals surface area contributed by atoms with E-state index in [4.69, 9.17) is 18.9 Å². The molecule has 0 saturated carbocycles. The van der Waals surface area contributed by atoms with Crippen molar-refractivity contribution in [3.05, 3.63) is 69.8 Å². The Morgan fingerprint density at radius 1 is 1.07 bits per heavy atom.